The van der Waals surface area contributed by atoms with Crippen molar-refractivity contribution in [3.05, 3.63) is 70.9 Å². The fourth-order valence-electron chi connectivity index (χ4n) is 6.02. The van der Waals surface area contributed by atoms with Gasteiger partial charge in [-0.2, -0.15) is 5.10 Å². The van der Waals surface area contributed by atoms with Crippen LogP contribution in [-0.4, -0.2) is 45.3 Å². The highest BCUT2D eigenvalue weighted by molar-refractivity contribution is 5.92. The third-order valence-electron chi connectivity index (χ3n) is 7.88. The molecule has 1 amide bonds. The molecule has 1 aromatic carbocycles. The van der Waals surface area contributed by atoms with E-state index in [0.29, 0.717) is 18.9 Å². The number of carbonyl (C=O) groups is 1. The molecule has 1 saturated heterocycles. The molecule has 2 atom stereocenters. The van der Waals surface area contributed by atoms with Gasteiger partial charge in [-0.1, -0.05) is 19.9 Å². The molecule has 9 heteroatoms. The van der Waals surface area contributed by atoms with E-state index in [9.17, 15) is 13.6 Å². The molecule has 2 aliphatic carbocycles. The van der Waals surface area contributed by atoms with Crippen molar-refractivity contribution in [2.24, 2.45) is 5.41 Å². The van der Waals surface area contributed by atoms with Gasteiger partial charge in [-0.05, 0) is 47.9 Å². The quantitative estimate of drug-likeness (QED) is 0.637. The minimum absolute atomic E-state index is 0.0151. The SMILES string of the molecule is CC1(C)[C@H]2CC[C@]1(c1cncc(C(=O)NC3COC3)n1)c1nnc(-c3c(F)cccc3F)cc12. The average molecular weight is 463 g/mol. The second kappa shape index (κ2) is 7.33. The first-order chi connectivity index (χ1) is 16.3. The van der Waals surface area contributed by atoms with Gasteiger partial charge in [0.25, 0.3) is 5.91 Å². The van der Waals surface area contributed by atoms with Gasteiger partial charge in [-0.25, -0.2) is 13.8 Å². The summed E-state index contributed by atoms with van der Waals surface area (Å²) < 4.78 is 34.0. The zero-order valence-electron chi connectivity index (χ0n) is 18.8. The maximum absolute atomic E-state index is 14.4. The smallest absolute Gasteiger partial charge is 0.271 e. The van der Waals surface area contributed by atoms with Crippen molar-refractivity contribution in [1.29, 1.82) is 0 Å². The van der Waals surface area contributed by atoms with Gasteiger partial charge in [0.15, 0.2) is 0 Å². The number of rotatable bonds is 4. The highest BCUT2D eigenvalue weighted by Gasteiger charge is 2.65. The Bertz CT molecular complexity index is 1310. The van der Waals surface area contributed by atoms with Crippen LogP contribution in [0.1, 0.15) is 60.0 Å². The summed E-state index contributed by atoms with van der Waals surface area (Å²) in [6.45, 7) is 5.28. The van der Waals surface area contributed by atoms with Crippen molar-refractivity contribution in [1.82, 2.24) is 25.5 Å². The summed E-state index contributed by atoms with van der Waals surface area (Å²) in [6.07, 6.45) is 4.78. The maximum atomic E-state index is 14.4. The number of benzene rings is 1. The van der Waals surface area contributed by atoms with E-state index in [1.54, 1.807) is 12.3 Å². The van der Waals surface area contributed by atoms with Crippen molar-refractivity contribution < 1.29 is 18.3 Å². The van der Waals surface area contributed by atoms with E-state index >= 15 is 0 Å². The van der Waals surface area contributed by atoms with Crippen LogP contribution in [0.4, 0.5) is 8.78 Å². The molecule has 3 heterocycles. The summed E-state index contributed by atoms with van der Waals surface area (Å²) in [5.74, 6) is -1.53. The first-order valence-corrected chi connectivity index (χ1v) is 11.4. The van der Waals surface area contributed by atoms with E-state index < -0.39 is 17.0 Å². The molecule has 3 aliphatic rings. The van der Waals surface area contributed by atoms with Crippen LogP contribution in [0.2, 0.25) is 0 Å². The van der Waals surface area contributed by atoms with Crippen molar-refractivity contribution >= 4 is 5.91 Å². The monoisotopic (exact) mass is 463 g/mol. The van der Waals surface area contributed by atoms with E-state index in [4.69, 9.17) is 9.72 Å². The first-order valence-electron chi connectivity index (χ1n) is 11.4. The number of halogens is 2. The Kier molecular flexibility index (Phi) is 4.58. The molecular weight excluding hydrogens is 440 g/mol. The molecule has 1 aliphatic heterocycles. The van der Waals surface area contributed by atoms with Gasteiger partial charge in [0, 0.05) is 6.20 Å². The van der Waals surface area contributed by atoms with E-state index in [1.165, 1.54) is 24.4 Å². The number of fused-ring (bicyclic) bond motifs is 5. The molecular formula is C25H23F2N5O2. The Morgan fingerprint density at radius 1 is 1.15 bits per heavy atom. The van der Waals surface area contributed by atoms with Crippen LogP contribution in [0.3, 0.4) is 0 Å². The van der Waals surface area contributed by atoms with Crippen LogP contribution in [0.25, 0.3) is 11.3 Å². The Morgan fingerprint density at radius 2 is 1.91 bits per heavy atom. The molecule has 6 rings (SSSR count). The lowest BCUT2D eigenvalue weighted by Gasteiger charge is -2.37. The number of nitrogens with one attached hydrogen (secondary N) is 1. The molecule has 2 aromatic heterocycles. The highest BCUT2D eigenvalue weighted by atomic mass is 19.1. The summed E-state index contributed by atoms with van der Waals surface area (Å²) in [5.41, 5.74) is 1.66. The zero-order chi connectivity index (χ0) is 23.7. The Labute approximate surface area is 195 Å². The molecule has 2 bridgehead atoms. The predicted octanol–water partition coefficient (Wildman–Crippen LogP) is 3.54. The summed E-state index contributed by atoms with van der Waals surface area (Å²) in [5, 5.41) is 11.7. The van der Waals surface area contributed by atoms with Crippen molar-refractivity contribution in [3.63, 3.8) is 0 Å². The number of ether oxygens (including phenoxy) is 1. The van der Waals surface area contributed by atoms with Crippen LogP contribution in [-0.2, 0) is 10.2 Å². The minimum Gasteiger partial charge on any atom is -0.377 e. The average Bonchev–Trinajstić information content (AvgIpc) is 3.17. The number of hydrogen-bond acceptors (Lipinski definition) is 6. The second-order valence-electron chi connectivity index (χ2n) is 9.85. The van der Waals surface area contributed by atoms with Crippen LogP contribution in [0.15, 0.2) is 36.7 Å². The lowest BCUT2D eigenvalue weighted by molar-refractivity contribution is -0.00356. The molecule has 0 radical (unpaired) electrons. The fraction of sp³-hybridized carbons (Fsp3) is 0.400. The van der Waals surface area contributed by atoms with Gasteiger partial charge in [0.05, 0.1) is 53.5 Å². The summed E-state index contributed by atoms with van der Waals surface area (Å²) in [4.78, 5) is 21.8. The van der Waals surface area contributed by atoms with Crippen molar-refractivity contribution in [2.45, 2.75) is 44.1 Å². The largest absolute Gasteiger partial charge is 0.377 e. The van der Waals surface area contributed by atoms with Crippen LogP contribution in [0, 0.1) is 17.0 Å². The predicted molar refractivity (Wildman–Crippen MR) is 118 cm³/mol. The lowest BCUT2D eigenvalue weighted by atomic mass is 9.66. The molecule has 3 aromatic rings. The second-order valence-corrected chi connectivity index (χ2v) is 9.85. The van der Waals surface area contributed by atoms with E-state index in [1.807, 2.05) is 0 Å². The van der Waals surface area contributed by atoms with E-state index in [2.05, 4.69) is 34.3 Å². The number of nitrogens with zero attached hydrogens (tertiary/aromatic N) is 4. The Morgan fingerprint density at radius 3 is 2.62 bits per heavy atom. The first kappa shape index (κ1) is 21.2. The minimum atomic E-state index is -0.673. The van der Waals surface area contributed by atoms with Crippen molar-refractivity contribution in [2.75, 3.05) is 13.2 Å². The zero-order valence-corrected chi connectivity index (χ0v) is 18.8. The van der Waals surface area contributed by atoms with Gasteiger partial charge in [0.1, 0.15) is 17.3 Å². The van der Waals surface area contributed by atoms with Gasteiger partial charge in [0.2, 0.25) is 0 Å². The third-order valence-corrected chi connectivity index (χ3v) is 7.88. The fourth-order valence-corrected chi connectivity index (χ4v) is 6.02. The van der Waals surface area contributed by atoms with Crippen LogP contribution in [0.5, 0.6) is 0 Å². The number of hydrogen-bond donors (Lipinski definition) is 1. The normalized spacial score (nSPS) is 24.5. The summed E-state index contributed by atoms with van der Waals surface area (Å²) >= 11 is 0. The lowest BCUT2D eigenvalue weighted by Crippen LogP contribution is -2.49. The molecule has 34 heavy (non-hydrogen) atoms. The Balaban J connectivity index is 1.45. The number of aromatic nitrogens is 4. The topological polar surface area (TPSA) is 89.9 Å². The number of carbonyl (C=O) groups excluding carboxylic acids is 1. The summed E-state index contributed by atoms with van der Waals surface area (Å²) in [7, 11) is 0. The third kappa shape index (κ3) is 2.79. The number of amides is 1. The molecule has 174 valence electrons. The van der Waals surface area contributed by atoms with E-state index in [0.717, 1.165) is 24.1 Å². The highest BCUT2D eigenvalue weighted by Crippen LogP contribution is 2.69. The molecule has 1 N–H and O–H groups in total. The van der Waals surface area contributed by atoms with E-state index in [-0.39, 0.29) is 40.2 Å². The Hall–Kier alpha value is -3.33. The maximum Gasteiger partial charge on any atom is 0.271 e. The molecule has 0 unspecified atom stereocenters. The standard InChI is InChI=1S/C25H23F2N5O2/c1-24(2)15-6-7-25(24,20-10-28-9-19(30-20)23(33)29-13-11-34-12-13)22-14(15)8-18(31-32-22)21-16(26)4-3-5-17(21)27/h3-5,8-10,13,15H,6-7,11-12H2,1-2H3,(H,29,33)/t15-,25-/m0/s1. The van der Waals surface area contributed by atoms with Gasteiger partial charge in [-0.15, -0.1) is 5.10 Å². The van der Waals surface area contributed by atoms with Gasteiger partial charge in [-0.3, -0.25) is 9.78 Å². The molecule has 7 nitrogen and oxygen atoms in total. The van der Waals surface area contributed by atoms with Crippen molar-refractivity contribution in [3.8, 4) is 11.3 Å². The van der Waals surface area contributed by atoms with Gasteiger partial charge >= 0.3 is 0 Å². The van der Waals surface area contributed by atoms with Crippen LogP contribution < -0.4 is 5.32 Å². The van der Waals surface area contributed by atoms with Gasteiger partial charge < -0.3 is 10.1 Å². The van der Waals surface area contributed by atoms with Crippen LogP contribution >= 0.6 is 0 Å². The molecule has 0 spiro atoms. The molecule has 2 fully saturated rings. The summed E-state index contributed by atoms with van der Waals surface area (Å²) in [6, 6.07) is 5.50. The molecule has 1 saturated carbocycles.